The van der Waals surface area contributed by atoms with Gasteiger partial charge in [0.25, 0.3) is 0 Å². The zero-order chi connectivity index (χ0) is 28.2. The molecule has 0 spiro atoms. The molecule has 0 heterocycles. The van der Waals surface area contributed by atoms with Gasteiger partial charge in [-0.3, -0.25) is 9.59 Å². The van der Waals surface area contributed by atoms with Crippen molar-refractivity contribution in [2.45, 2.75) is 97.5 Å². The summed E-state index contributed by atoms with van der Waals surface area (Å²) in [6, 6.07) is 10.3. The van der Waals surface area contributed by atoms with Gasteiger partial charge in [0.2, 0.25) is 11.8 Å². The second-order valence-corrected chi connectivity index (χ2v) is 11.5. The maximum atomic E-state index is 14.3. The second-order valence-electron chi connectivity index (χ2n) is 11.5. The van der Waals surface area contributed by atoms with Crippen LogP contribution in [0.4, 0.5) is 4.79 Å². The van der Waals surface area contributed by atoms with E-state index in [0.29, 0.717) is 0 Å². The van der Waals surface area contributed by atoms with Gasteiger partial charge in [-0.2, -0.15) is 0 Å². The lowest BCUT2D eigenvalue weighted by atomic mass is 9.95. The molecule has 0 aromatic heterocycles. The first kappa shape index (κ1) is 29.0. The van der Waals surface area contributed by atoms with Gasteiger partial charge in [-0.15, -0.1) is 0 Å². The van der Waals surface area contributed by atoms with E-state index in [0.717, 1.165) is 35.1 Å². The summed E-state index contributed by atoms with van der Waals surface area (Å²) in [5, 5.41) is 15.5. The van der Waals surface area contributed by atoms with Crippen LogP contribution in [0.1, 0.15) is 75.8 Å². The summed E-state index contributed by atoms with van der Waals surface area (Å²) in [6.07, 6.45) is 1.02. The summed E-state index contributed by atoms with van der Waals surface area (Å²) in [5.41, 5.74) is 2.75. The lowest BCUT2D eigenvalue weighted by molar-refractivity contribution is -0.143. The number of rotatable bonds is 9. The van der Waals surface area contributed by atoms with E-state index in [9.17, 15) is 19.5 Å². The first-order valence-electron chi connectivity index (χ1n) is 13.2. The van der Waals surface area contributed by atoms with Gasteiger partial charge in [-0.1, -0.05) is 35.9 Å². The lowest BCUT2D eigenvalue weighted by Gasteiger charge is -2.35. The third-order valence-corrected chi connectivity index (χ3v) is 6.24. The number of carbonyl (C=O) groups is 3. The molecule has 8 heteroatoms. The maximum absolute atomic E-state index is 14.3. The van der Waals surface area contributed by atoms with Gasteiger partial charge >= 0.3 is 6.09 Å². The molecule has 1 saturated carbocycles. The molecule has 0 radical (unpaired) electrons. The molecular formula is C30H41N3O5. The predicted molar refractivity (Wildman–Crippen MR) is 147 cm³/mol. The Hall–Kier alpha value is -3.55. The number of amides is 3. The van der Waals surface area contributed by atoms with E-state index in [4.69, 9.17) is 4.74 Å². The van der Waals surface area contributed by atoms with Crippen molar-refractivity contribution in [3.05, 3.63) is 64.7 Å². The molecule has 1 aliphatic rings. The number of nitrogens with one attached hydrogen (secondary N) is 2. The summed E-state index contributed by atoms with van der Waals surface area (Å²) < 4.78 is 5.47. The van der Waals surface area contributed by atoms with Crippen LogP contribution in [0.15, 0.2) is 42.5 Å². The Bertz CT molecular complexity index is 1150. The summed E-state index contributed by atoms with van der Waals surface area (Å²) >= 11 is 0. The van der Waals surface area contributed by atoms with Crippen molar-refractivity contribution in [2.75, 3.05) is 0 Å². The number of ether oxygens (including phenoxy) is 1. The Balaban J connectivity index is 2.03. The molecule has 3 rings (SSSR count). The van der Waals surface area contributed by atoms with Gasteiger partial charge in [-0.25, -0.2) is 4.79 Å². The lowest BCUT2D eigenvalue weighted by Crippen LogP contribution is -2.55. The zero-order valence-electron chi connectivity index (χ0n) is 23.5. The van der Waals surface area contributed by atoms with E-state index in [-0.39, 0.29) is 36.1 Å². The average molecular weight is 524 g/mol. The fourth-order valence-electron chi connectivity index (χ4n) is 4.48. The highest BCUT2D eigenvalue weighted by Gasteiger charge is 2.44. The van der Waals surface area contributed by atoms with E-state index in [2.05, 4.69) is 10.6 Å². The molecule has 38 heavy (non-hydrogen) atoms. The van der Waals surface area contributed by atoms with Gasteiger partial charge in [0.05, 0.1) is 0 Å². The van der Waals surface area contributed by atoms with Gasteiger partial charge in [0.15, 0.2) is 0 Å². The van der Waals surface area contributed by atoms with E-state index < -0.39 is 23.8 Å². The summed E-state index contributed by atoms with van der Waals surface area (Å²) in [7, 11) is 0. The topological polar surface area (TPSA) is 108 Å². The number of phenols is 1. The zero-order valence-corrected chi connectivity index (χ0v) is 23.5. The first-order valence-corrected chi connectivity index (χ1v) is 13.2. The maximum Gasteiger partial charge on any atom is 0.408 e. The number of hydrogen-bond donors (Lipinski definition) is 3. The fraction of sp³-hybridized carbons (Fsp3) is 0.500. The summed E-state index contributed by atoms with van der Waals surface area (Å²) in [4.78, 5) is 42.4. The molecule has 2 atom stereocenters. The van der Waals surface area contributed by atoms with Gasteiger partial charge in [0.1, 0.15) is 23.4 Å². The van der Waals surface area contributed by atoms with E-state index in [1.807, 2.05) is 45.9 Å². The number of nitrogens with zero attached hydrogens (tertiary/aromatic N) is 1. The Morgan fingerprint density at radius 2 is 1.66 bits per heavy atom. The minimum absolute atomic E-state index is 0.108. The second kappa shape index (κ2) is 11.9. The molecular weight excluding hydrogens is 482 g/mol. The quantitative estimate of drug-likeness (QED) is 0.442. The molecule has 1 fully saturated rings. The molecule has 0 bridgehead atoms. The molecule has 206 valence electrons. The third kappa shape index (κ3) is 7.97. The van der Waals surface area contributed by atoms with Crippen molar-refractivity contribution >= 4 is 17.9 Å². The van der Waals surface area contributed by atoms with Crippen molar-refractivity contribution in [2.24, 2.45) is 0 Å². The summed E-state index contributed by atoms with van der Waals surface area (Å²) in [6.45, 7) is 13.0. The van der Waals surface area contributed by atoms with Crippen LogP contribution >= 0.6 is 0 Å². The highest BCUT2D eigenvalue weighted by Crippen LogP contribution is 2.37. The largest absolute Gasteiger partial charge is 0.508 e. The van der Waals surface area contributed by atoms with Crippen LogP contribution in [0.25, 0.3) is 0 Å². The number of hydrogen-bond acceptors (Lipinski definition) is 5. The standard InChI is InChI=1S/C30H41N3O5/c1-18(2)31-27(35)26(24-15-8-19(3)16-20(24)4)33(22-11-12-22)28(36)25(32-29(37)38-30(5,6)7)17-21-9-13-23(34)14-10-21/h8-10,13-16,18,22,25-26,34H,11-12,17H2,1-7H3,(H,31,35)(H,32,37). The molecule has 0 saturated heterocycles. The van der Waals surface area contributed by atoms with Crippen molar-refractivity contribution in [3.8, 4) is 5.75 Å². The Morgan fingerprint density at radius 1 is 1.03 bits per heavy atom. The van der Waals surface area contributed by atoms with E-state index >= 15 is 0 Å². The van der Waals surface area contributed by atoms with Crippen LogP contribution in [0.2, 0.25) is 0 Å². The highest BCUT2D eigenvalue weighted by atomic mass is 16.6. The van der Waals surface area contributed by atoms with Crippen molar-refractivity contribution < 1.29 is 24.2 Å². The molecule has 2 aromatic carbocycles. The van der Waals surface area contributed by atoms with Crippen LogP contribution in [0.3, 0.4) is 0 Å². The number of benzene rings is 2. The highest BCUT2D eigenvalue weighted by molar-refractivity contribution is 5.93. The first-order chi connectivity index (χ1) is 17.7. The van der Waals surface area contributed by atoms with Crippen molar-refractivity contribution in [1.29, 1.82) is 0 Å². The van der Waals surface area contributed by atoms with Crippen molar-refractivity contribution in [3.63, 3.8) is 0 Å². The number of aryl methyl sites for hydroxylation is 2. The van der Waals surface area contributed by atoms with Gasteiger partial charge in [-0.05, 0) is 90.1 Å². The Morgan fingerprint density at radius 3 is 2.18 bits per heavy atom. The molecule has 3 amide bonds. The monoisotopic (exact) mass is 523 g/mol. The molecule has 0 aliphatic heterocycles. The van der Waals surface area contributed by atoms with Gasteiger partial charge in [0, 0.05) is 18.5 Å². The van der Waals surface area contributed by atoms with Crippen LogP contribution < -0.4 is 10.6 Å². The number of phenolic OH excluding ortho intramolecular Hbond substituents is 1. The Kier molecular flexibility index (Phi) is 9.07. The molecule has 1 aliphatic carbocycles. The number of alkyl carbamates (subject to hydrolysis) is 1. The predicted octanol–water partition coefficient (Wildman–Crippen LogP) is 4.70. The smallest absolute Gasteiger partial charge is 0.408 e. The SMILES string of the molecule is Cc1ccc(C(C(=O)NC(C)C)N(C(=O)C(Cc2ccc(O)cc2)NC(=O)OC(C)(C)C)C2CC2)c(C)c1. The van der Waals surface area contributed by atoms with Crippen LogP contribution in [0.5, 0.6) is 5.75 Å². The van der Waals surface area contributed by atoms with Crippen molar-refractivity contribution in [1.82, 2.24) is 15.5 Å². The molecule has 2 unspecified atom stereocenters. The molecule has 2 aromatic rings. The number of aromatic hydroxyl groups is 1. The van der Waals surface area contributed by atoms with Crippen LogP contribution in [-0.2, 0) is 20.7 Å². The minimum Gasteiger partial charge on any atom is -0.508 e. The fourth-order valence-corrected chi connectivity index (χ4v) is 4.48. The van der Waals surface area contributed by atoms with E-state index in [1.165, 1.54) is 12.1 Å². The minimum atomic E-state index is -0.977. The van der Waals surface area contributed by atoms with Gasteiger partial charge < -0.3 is 25.4 Å². The summed E-state index contributed by atoms with van der Waals surface area (Å²) in [5.74, 6) is -0.500. The average Bonchev–Trinajstić information content (AvgIpc) is 3.62. The molecule has 8 nitrogen and oxygen atoms in total. The third-order valence-electron chi connectivity index (χ3n) is 6.24. The van der Waals surface area contributed by atoms with E-state index in [1.54, 1.807) is 37.8 Å². The van der Waals surface area contributed by atoms with Crippen LogP contribution in [0, 0.1) is 13.8 Å². The normalized spacial score (nSPS) is 14.9. The number of carbonyl (C=O) groups excluding carboxylic acids is 3. The Labute approximate surface area is 225 Å². The molecule has 3 N–H and O–H groups in total. The van der Waals surface area contributed by atoms with Crippen LogP contribution in [-0.4, -0.2) is 51.6 Å².